The van der Waals surface area contributed by atoms with E-state index in [-0.39, 0.29) is 40.8 Å². The van der Waals surface area contributed by atoms with Crippen LogP contribution in [0.4, 0.5) is 4.39 Å². The average Bonchev–Trinajstić information content (AvgIpc) is 2.96. The normalized spacial score (nSPS) is 31.1. The first-order chi connectivity index (χ1) is 14.3. The first-order valence-corrected chi connectivity index (χ1v) is 11.0. The zero-order valence-electron chi connectivity index (χ0n) is 17.6. The fourth-order valence-electron chi connectivity index (χ4n) is 4.87. The summed E-state index contributed by atoms with van der Waals surface area (Å²) in [4.78, 5) is 30.5. The zero-order chi connectivity index (χ0) is 21.6. The highest BCUT2D eigenvalue weighted by Crippen LogP contribution is 2.48. The summed E-state index contributed by atoms with van der Waals surface area (Å²) in [5.41, 5.74) is 0.636. The molecule has 2 aliphatic heterocycles. The summed E-state index contributed by atoms with van der Waals surface area (Å²) in [6.45, 7) is 3.24. The Hall–Kier alpha value is -1.92. The number of fused-ring (bicyclic) bond motifs is 1. The Kier molecular flexibility index (Phi) is 5.90. The van der Waals surface area contributed by atoms with Gasteiger partial charge in [0.2, 0.25) is 0 Å². The van der Waals surface area contributed by atoms with Gasteiger partial charge in [0.15, 0.2) is 11.5 Å². The minimum Gasteiger partial charge on any atom is -0.483 e. The Morgan fingerprint density at radius 3 is 2.67 bits per heavy atom. The Morgan fingerprint density at radius 2 is 1.97 bits per heavy atom. The molecule has 0 saturated heterocycles. The molecule has 1 aliphatic carbocycles. The van der Waals surface area contributed by atoms with Gasteiger partial charge in [-0.15, -0.1) is 11.6 Å². The SMILES string of the molecule is CC1CC2OC3=C(C(=O)C2CC1Cl)C(c1ccccc1F)N(CCCN(C)C)C3=O. The number of halogens is 2. The van der Waals surface area contributed by atoms with Crippen molar-refractivity contribution < 1.29 is 18.7 Å². The van der Waals surface area contributed by atoms with Crippen molar-refractivity contribution in [1.82, 2.24) is 9.80 Å². The summed E-state index contributed by atoms with van der Waals surface area (Å²) >= 11 is 6.46. The summed E-state index contributed by atoms with van der Waals surface area (Å²) in [6.07, 6.45) is 1.53. The van der Waals surface area contributed by atoms with E-state index in [0.29, 0.717) is 36.9 Å². The molecule has 1 aromatic carbocycles. The number of hydrogen-bond donors (Lipinski definition) is 0. The number of Topliss-reactive ketones (excluding diaryl/α,β-unsaturated/α-hetero) is 1. The van der Waals surface area contributed by atoms with Crippen LogP contribution >= 0.6 is 11.6 Å². The first-order valence-electron chi connectivity index (χ1n) is 10.6. The lowest BCUT2D eigenvalue weighted by atomic mass is 9.74. The van der Waals surface area contributed by atoms with Crippen LogP contribution in [0.3, 0.4) is 0 Å². The second-order valence-electron chi connectivity index (χ2n) is 8.91. The van der Waals surface area contributed by atoms with Gasteiger partial charge in [-0.25, -0.2) is 4.39 Å². The van der Waals surface area contributed by atoms with Gasteiger partial charge < -0.3 is 14.5 Å². The fraction of sp³-hybridized carbons (Fsp3) is 0.565. The van der Waals surface area contributed by atoms with Crippen LogP contribution in [-0.4, -0.2) is 60.2 Å². The molecule has 1 aromatic rings. The molecule has 3 aliphatic rings. The van der Waals surface area contributed by atoms with Crippen molar-refractivity contribution in [3.63, 3.8) is 0 Å². The second-order valence-corrected chi connectivity index (χ2v) is 9.47. The number of nitrogens with zero attached hydrogens (tertiary/aromatic N) is 2. The van der Waals surface area contributed by atoms with Crippen molar-refractivity contribution in [1.29, 1.82) is 0 Å². The van der Waals surface area contributed by atoms with Gasteiger partial charge in [0.25, 0.3) is 5.91 Å². The second kappa shape index (κ2) is 8.31. The van der Waals surface area contributed by atoms with Crippen molar-refractivity contribution in [2.75, 3.05) is 27.2 Å². The predicted molar refractivity (Wildman–Crippen MR) is 112 cm³/mol. The molecule has 0 radical (unpaired) electrons. The van der Waals surface area contributed by atoms with E-state index in [2.05, 4.69) is 0 Å². The summed E-state index contributed by atoms with van der Waals surface area (Å²) in [7, 11) is 3.93. The van der Waals surface area contributed by atoms with Crippen LogP contribution < -0.4 is 0 Å². The molecule has 1 fully saturated rings. The van der Waals surface area contributed by atoms with E-state index in [1.54, 1.807) is 23.1 Å². The molecule has 5 nitrogen and oxygen atoms in total. The zero-order valence-corrected chi connectivity index (χ0v) is 18.4. The van der Waals surface area contributed by atoms with E-state index in [9.17, 15) is 14.0 Å². The number of rotatable bonds is 5. The largest absolute Gasteiger partial charge is 0.483 e. The highest BCUT2D eigenvalue weighted by molar-refractivity contribution is 6.21. The Balaban J connectivity index is 1.72. The maximum atomic E-state index is 14.8. The van der Waals surface area contributed by atoms with E-state index >= 15 is 0 Å². The number of amides is 1. The molecule has 0 aromatic heterocycles. The number of ketones is 1. The molecular formula is C23H28ClFN2O3. The number of ether oxygens (including phenoxy) is 1. The van der Waals surface area contributed by atoms with Gasteiger partial charge in [-0.1, -0.05) is 25.1 Å². The molecular weight excluding hydrogens is 407 g/mol. The molecule has 4 rings (SSSR count). The lowest BCUT2D eigenvalue weighted by Gasteiger charge is -2.40. The van der Waals surface area contributed by atoms with Gasteiger partial charge in [0, 0.05) is 17.5 Å². The third-order valence-corrected chi connectivity index (χ3v) is 7.12. The Labute approximate surface area is 181 Å². The van der Waals surface area contributed by atoms with Gasteiger partial charge in [0.05, 0.1) is 17.5 Å². The topological polar surface area (TPSA) is 49.9 Å². The molecule has 2 heterocycles. The lowest BCUT2D eigenvalue weighted by Crippen LogP contribution is -2.44. The molecule has 0 spiro atoms. The van der Waals surface area contributed by atoms with Crippen molar-refractivity contribution in [3.05, 3.63) is 47.0 Å². The van der Waals surface area contributed by atoms with Gasteiger partial charge in [-0.2, -0.15) is 0 Å². The lowest BCUT2D eigenvalue weighted by molar-refractivity contribution is -0.136. The summed E-state index contributed by atoms with van der Waals surface area (Å²) in [6, 6.07) is 5.60. The van der Waals surface area contributed by atoms with E-state index in [1.807, 2.05) is 25.9 Å². The molecule has 1 amide bonds. The Bertz CT molecular complexity index is 887. The quantitative estimate of drug-likeness (QED) is 0.665. The van der Waals surface area contributed by atoms with Crippen LogP contribution in [0.2, 0.25) is 0 Å². The predicted octanol–water partition coefficient (Wildman–Crippen LogP) is 3.54. The highest BCUT2D eigenvalue weighted by Gasteiger charge is 2.53. The molecule has 7 heteroatoms. The van der Waals surface area contributed by atoms with Gasteiger partial charge in [-0.05, 0) is 51.9 Å². The van der Waals surface area contributed by atoms with Gasteiger partial charge >= 0.3 is 0 Å². The molecule has 0 bridgehead atoms. The minimum absolute atomic E-state index is 0.110. The average molecular weight is 435 g/mol. The molecule has 0 N–H and O–H groups in total. The summed E-state index contributed by atoms with van der Waals surface area (Å²) in [5.74, 6) is -0.923. The minimum atomic E-state index is -0.752. The van der Waals surface area contributed by atoms with Crippen LogP contribution in [0, 0.1) is 17.7 Å². The van der Waals surface area contributed by atoms with E-state index < -0.39 is 11.9 Å². The molecule has 5 atom stereocenters. The third kappa shape index (κ3) is 3.65. The van der Waals surface area contributed by atoms with Crippen LogP contribution in [-0.2, 0) is 14.3 Å². The first kappa shape index (κ1) is 21.3. The fourth-order valence-corrected chi connectivity index (χ4v) is 5.17. The smallest absolute Gasteiger partial charge is 0.290 e. The number of carbonyl (C=O) groups excluding carboxylic acids is 2. The standard InChI is InChI=1S/C23H28ClFN2O3/c1-13-11-18-15(12-16(13)24)21(28)19-20(14-7-4-5-8-17(14)25)27(10-6-9-26(2)3)23(29)22(19)30-18/h4-5,7-8,13,15-16,18,20H,6,9-12H2,1-3H3. The van der Waals surface area contributed by atoms with Gasteiger partial charge in [-0.3, -0.25) is 9.59 Å². The van der Waals surface area contributed by atoms with E-state index in [0.717, 1.165) is 6.54 Å². The number of alkyl halides is 1. The number of hydrogen-bond acceptors (Lipinski definition) is 4. The number of carbonyl (C=O) groups is 2. The molecule has 162 valence electrons. The molecule has 1 saturated carbocycles. The van der Waals surface area contributed by atoms with Crippen LogP contribution in [0.5, 0.6) is 0 Å². The van der Waals surface area contributed by atoms with Crippen molar-refractivity contribution in [2.45, 2.75) is 43.7 Å². The van der Waals surface area contributed by atoms with Crippen LogP contribution in [0.1, 0.15) is 37.8 Å². The van der Waals surface area contributed by atoms with Crippen LogP contribution in [0.25, 0.3) is 0 Å². The Morgan fingerprint density at radius 1 is 1.23 bits per heavy atom. The van der Waals surface area contributed by atoms with Crippen molar-refractivity contribution >= 4 is 23.3 Å². The van der Waals surface area contributed by atoms with E-state index in [4.69, 9.17) is 16.3 Å². The monoisotopic (exact) mass is 434 g/mol. The van der Waals surface area contributed by atoms with Crippen molar-refractivity contribution in [2.24, 2.45) is 11.8 Å². The summed E-state index contributed by atoms with van der Waals surface area (Å²) in [5, 5.41) is -0.110. The van der Waals surface area contributed by atoms with Crippen molar-refractivity contribution in [3.8, 4) is 0 Å². The number of benzene rings is 1. The molecule has 5 unspecified atom stereocenters. The third-order valence-electron chi connectivity index (χ3n) is 6.51. The maximum Gasteiger partial charge on any atom is 0.290 e. The van der Waals surface area contributed by atoms with Gasteiger partial charge in [0.1, 0.15) is 11.9 Å². The highest BCUT2D eigenvalue weighted by atomic mass is 35.5. The summed E-state index contributed by atoms with van der Waals surface area (Å²) < 4.78 is 20.9. The van der Waals surface area contributed by atoms with Crippen LogP contribution in [0.15, 0.2) is 35.6 Å². The maximum absolute atomic E-state index is 14.8. The van der Waals surface area contributed by atoms with E-state index in [1.165, 1.54) is 6.07 Å². The molecule has 30 heavy (non-hydrogen) atoms.